The van der Waals surface area contributed by atoms with Crippen LogP contribution in [-0.2, 0) is 14.3 Å². The van der Waals surface area contributed by atoms with Gasteiger partial charge in [-0.2, -0.15) is 0 Å². The molecule has 39 heavy (non-hydrogen) atoms. The summed E-state index contributed by atoms with van der Waals surface area (Å²) >= 11 is 0. The molecule has 9 nitrogen and oxygen atoms in total. The van der Waals surface area contributed by atoms with Crippen LogP contribution in [0, 0.1) is 11.8 Å². The van der Waals surface area contributed by atoms with Gasteiger partial charge in [0.2, 0.25) is 5.91 Å². The Bertz CT molecular complexity index is 1150. The van der Waals surface area contributed by atoms with Gasteiger partial charge in [0, 0.05) is 69.6 Å². The zero-order valence-electron chi connectivity index (χ0n) is 23.2. The van der Waals surface area contributed by atoms with Crippen LogP contribution in [0.5, 0.6) is 5.75 Å². The number of fused-ring (bicyclic) bond motifs is 1. The average Bonchev–Trinajstić information content (AvgIpc) is 2.97. The fourth-order valence-electron chi connectivity index (χ4n) is 5.08. The van der Waals surface area contributed by atoms with Gasteiger partial charge in [0.25, 0.3) is 11.8 Å². The number of nitrogens with one attached hydrogen (secondary N) is 1. The number of rotatable bonds is 4. The Morgan fingerprint density at radius 1 is 1.03 bits per heavy atom. The molecule has 0 aliphatic carbocycles. The standard InChI is InChI=1S/C30H39N3O6/c1-20-17-33(29(35)23-8-6-5-7-9-23)21(2)19-39-26-16-24(31-28(34)22-12-14-38-15-13-22)10-11-25(26)30(36)32(3)18-27(20)37-4/h5-11,16,20-22,27H,12-15,17-19H2,1-4H3,(H,31,34)/t20-,21-,27-/m1/s1. The summed E-state index contributed by atoms with van der Waals surface area (Å²) in [4.78, 5) is 43.3. The molecule has 0 unspecified atom stereocenters. The van der Waals surface area contributed by atoms with E-state index < -0.39 is 0 Å². The van der Waals surface area contributed by atoms with E-state index >= 15 is 0 Å². The van der Waals surface area contributed by atoms with Crippen LogP contribution in [0.25, 0.3) is 0 Å². The highest BCUT2D eigenvalue weighted by Crippen LogP contribution is 2.28. The molecule has 2 aliphatic heterocycles. The lowest BCUT2D eigenvalue weighted by Gasteiger charge is -2.36. The van der Waals surface area contributed by atoms with Gasteiger partial charge in [0.1, 0.15) is 12.4 Å². The summed E-state index contributed by atoms with van der Waals surface area (Å²) in [6, 6.07) is 14.0. The maximum atomic E-state index is 13.6. The second-order valence-corrected chi connectivity index (χ2v) is 10.5. The van der Waals surface area contributed by atoms with E-state index in [0.29, 0.717) is 61.7 Å². The number of ether oxygens (including phenoxy) is 3. The molecular weight excluding hydrogens is 498 g/mol. The Morgan fingerprint density at radius 3 is 2.44 bits per heavy atom. The minimum Gasteiger partial charge on any atom is -0.491 e. The van der Waals surface area contributed by atoms with Crippen LogP contribution in [-0.4, -0.2) is 86.7 Å². The van der Waals surface area contributed by atoms with Crippen molar-refractivity contribution in [2.45, 2.75) is 38.8 Å². The number of nitrogens with zero attached hydrogens (tertiary/aromatic N) is 2. The molecule has 1 saturated heterocycles. The van der Waals surface area contributed by atoms with Gasteiger partial charge < -0.3 is 29.3 Å². The Hall–Kier alpha value is -3.43. The predicted molar refractivity (Wildman–Crippen MR) is 148 cm³/mol. The van der Waals surface area contributed by atoms with E-state index in [2.05, 4.69) is 5.32 Å². The smallest absolute Gasteiger partial charge is 0.257 e. The first-order valence-corrected chi connectivity index (χ1v) is 13.6. The highest BCUT2D eigenvalue weighted by molar-refractivity contribution is 5.99. The number of carbonyl (C=O) groups is 3. The summed E-state index contributed by atoms with van der Waals surface area (Å²) in [7, 11) is 3.36. The van der Waals surface area contributed by atoms with Gasteiger partial charge in [0.15, 0.2) is 0 Å². The van der Waals surface area contributed by atoms with Gasteiger partial charge in [-0.15, -0.1) is 0 Å². The normalized spacial score (nSPS) is 23.2. The number of hydrogen-bond acceptors (Lipinski definition) is 6. The number of likely N-dealkylation sites (N-methyl/N-ethyl adjacent to an activating group) is 1. The fraction of sp³-hybridized carbons (Fsp3) is 0.500. The molecule has 9 heteroatoms. The minimum absolute atomic E-state index is 0.0398. The fourth-order valence-corrected chi connectivity index (χ4v) is 5.08. The molecule has 2 heterocycles. The van der Waals surface area contributed by atoms with E-state index in [1.54, 1.807) is 49.4 Å². The van der Waals surface area contributed by atoms with Gasteiger partial charge in [-0.1, -0.05) is 25.1 Å². The highest BCUT2D eigenvalue weighted by atomic mass is 16.5. The van der Waals surface area contributed by atoms with E-state index in [4.69, 9.17) is 14.2 Å². The van der Waals surface area contributed by atoms with Crippen LogP contribution in [0.4, 0.5) is 5.69 Å². The van der Waals surface area contributed by atoms with Crippen molar-refractivity contribution in [1.29, 1.82) is 0 Å². The van der Waals surface area contributed by atoms with Crippen molar-refractivity contribution >= 4 is 23.4 Å². The molecule has 0 spiro atoms. The number of amides is 3. The number of benzene rings is 2. The SMILES string of the molecule is CO[C@@H]1CN(C)C(=O)c2ccc(NC(=O)C3CCOCC3)cc2OC[C@@H](C)N(C(=O)c2ccccc2)C[C@H]1C. The van der Waals surface area contributed by atoms with E-state index in [1.807, 2.05) is 36.9 Å². The van der Waals surface area contributed by atoms with Crippen molar-refractivity contribution < 1.29 is 28.6 Å². The van der Waals surface area contributed by atoms with Crippen molar-refractivity contribution in [2.75, 3.05) is 52.4 Å². The molecule has 1 fully saturated rings. The lowest BCUT2D eigenvalue weighted by Crippen LogP contribution is -2.48. The summed E-state index contributed by atoms with van der Waals surface area (Å²) in [5, 5.41) is 2.97. The minimum atomic E-state index is -0.293. The Kier molecular flexibility index (Phi) is 9.59. The predicted octanol–water partition coefficient (Wildman–Crippen LogP) is 3.70. The molecule has 2 aliphatic rings. The van der Waals surface area contributed by atoms with Gasteiger partial charge in [-0.05, 0) is 44.0 Å². The van der Waals surface area contributed by atoms with E-state index in [-0.39, 0.29) is 48.3 Å². The van der Waals surface area contributed by atoms with Crippen molar-refractivity contribution in [1.82, 2.24) is 9.80 Å². The molecule has 1 N–H and O–H groups in total. The molecule has 0 saturated carbocycles. The number of carbonyl (C=O) groups excluding carboxylic acids is 3. The molecule has 210 valence electrons. The quantitative estimate of drug-likeness (QED) is 0.639. The zero-order valence-corrected chi connectivity index (χ0v) is 23.2. The van der Waals surface area contributed by atoms with Crippen LogP contribution in [0.15, 0.2) is 48.5 Å². The van der Waals surface area contributed by atoms with E-state index in [9.17, 15) is 14.4 Å². The monoisotopic (exact) mass is 537 g/mol. The third-order valence-corrected chi connectivity index (χ3v) is 7.59. The van der Waals surface area contributed by atoms with Crippen molar-refractivity contribution in [3.05, 3.63) is 59.7 Å². The molecule has 2 aromatic rings. The van der Waals surface area contributed by atoms with Crippen LogP contribution in [0.3, 0.4) is 0 Å². The van der Waals surface area contributed by atoms with Crippen LogP contribution >= 0.6 is 0 Å². The first-order valence-electron chi connectivity index (χ1n) is 13.6. The second-order valence-electron chi connectivity index (χ2n) is 10.5. The van der Waals surface area contributed by atoms with Crippen LogP contribution < -0.4 is 10.1 Å². The van der Waals surface area contributed by atoms with Gasteiger partial charge in [0.05, 0.1) is 17.7 Å². The molecule has 2 aromatic carbocycles. The first kappa shape index (κ1) is 28.6. The van der Waals surface area contributed by atoms with Crippen LogP contribution in [0.1, 0.15) is 47.4 Å². The maximum absolute atomic E-state index is 13.6. The Balaban J connectivity index is 1.63. The third kappa shape index (κ3) is 6.96. The number of anilines is 1. The second kappa shape index (κ2) is 13.1. The summed E-state index contributed by atoms with van der Waals surface area (Å²) in [5.41, 5.74) is 1.54. The molecule has 3 amide bonds. The molecule has 0 radical (unpaired) electrons. The Labute approximate surface area is 230 Å². The third-order valence-electron chi connectivity index (χ3n) is 7.59. The van der Waals surface area contributed by atoms with Crippen molar-refractivity contribution in [3.63, 3.8) is 0 Å². The molecule has 0 bridgehead atoms. The van der Waals surface area contributed by atoms with Gasteiger partial charge in [-0.3, -0.25) is 14.4 Å². The number of methoxy groups -OCH3 is 1. The molecular formula is C30H39N3O6. The lowest BCUT2D eigenvalue weighted by molar-refractivity contribution is -0.122. The zero-order chi connectivity index (χ0) is 27.9. The van der Waals surface area contributed by atoms with E-state index in [0.717, 1.165) is 0 Å². The first-order chi connectivity index (χ1) is 18.8. The van der Waals surface area contributed by atoms with Gasteiger partial charge in [-0.25, -0.2) is 0 Å². The largest absolute Gasteiger partial charge is 0.491 e. The van der Waals surface area contributed by atoms with Gasteiger partial charge >= 0.3 is 0 Å². The number of hydrogen-bond donors (Lipinski definition) is 1. The summed E-state index contributed by atoms with van der Waals surface area (Å²) in [6.07, 6.45) is 1.08. The van der Waals surface area contributed by atoms with Crippen molar-refractivity contribution in [2.24, 2.45) is 11.8 Å². The van der Waals surface area contributed by atoms with Crippen LogP contribution in [0.2, 0.25) is 0 Å². The average molecular weight is 538 g/mol. The molecule has 0 aromatic heterocycles. The summed E-state index contributed by atoms with van der Waals surface area (Å²) in [6.45, 7) is 6.06. The topological polar surface area (TPSA) is 97.4 Å². The highest BCUT2D eigenvalue weighted by Gasteiger charge is 2.31. The maximum Gasteiger partial charge on any atom is 0.257 e. The Morgan fingerprint density at radius 2 is 1.74 bits per heavy atom. The molecule has 4 rings (SSSR count). The van der Waals surface area contributed by atoms with E-state index in [1.165, 1.54) is 0 Å². The summed E-state index contributed by atoms with van der Waals surface area (Å²) < 4.78 is 17.4. The summed E-state index contributed by atoms with van der Waals surface area (Å²) in [5.74, 6) is -0.154. The van der Waals surface area contributed by atoms with Crippen molar-refractivity contribution in [3.8, 4) is 5.75 Å². The molecule has 3 atom stereocenters. The lowest BCUT2D eigenvalue weighted by atomic mass is 9.99.